The van der Waals surface area contributed by atoms with Crippen LogP contribution in [0.15, 0.2) is 53.6 Å². The van der Waals surface area contributed by atoms with Crippen molar-refractivity contribution in [1.82, 2.24) is 28.8 Å². The molecule has 10 heteroatoms. The number of nitrogens with zero attached hydrogens (tertiary/aromatic N) is 6. The molecule has 1 aliphatic heterocycles. The highest BCUT2D eigenvalue weighted by Gasteiger charge is 2.25. The molecule has 0 atom stereocenters. The van der Waals surface area contributed by atoms with E-state index in [2.05, 4.69) is 15.2 Å². The number of benzene rings is 1. The molecule has 184 valence electrons. The van der Waals surface area contributed by atoms with Crippen LogP contribution in [0, 0.1) is 6.92 Å². The lowest BCUT2D eigenvalue weighted by Gasteiger charge is -2.28. The second-order valence-electron chi connectivity index (χ2n) is 8.97. The number of anilines is 1. The van der Waals surface area contributed by atoms with Gasteiger partial charge < -0.3 is 24.1 Å². The van der Waals surface area contributed by atoms with Crippen molar-refractivity contribution in [3.63, 3.8) is 0 Å². The zero-order valence-corrected chi connectivity index (χ0v) is 20.3. The van der Waals surface area contributed by atoms with E-state index in [0.29, 0.717) is 43.0 Å². The quantitative estimate of drug-likeness (QED) is 0.410. The first-order valence-electron chi connectivity index (χ1n) is 12.1. The number of amides is 1. The molecule has 1 fully saturated rings. The van der Waals surface area contributed by atoms with E-state index in [9.17, 15) is 9.59 Å². The van der Waals surface area contributed by atoms with Crippen molar-refractivity contribution in [1.29, 1.82) is 0 Å². The van der Waals surface area contributed by atoms with Crippen molar-refractivity contribution in [2.75, 3.05) is 37.7 Å². The number of hydrogen-bond acceptors (Lipinski definition) is 6. The Kier molecular flexibility index (Phi) is 5.45. The van der Waals surface area contributed by atoms with E-state index < -0.39 is 5.91 Å². The molecule has 36 heavy (non-hydrogen) atoms. The fraction of sp³-hybridized carbons (Fsp3) is 0.308. The van der Waals surface area contributed by atoms with E-state index in [-0.39, 0.29) is 11.0 Å². The number of fused-ring (bicyclic) bond motifs is 5. The number of nitrogens with one attached hydrogen (secondary N) is 1. The minimum Gasteiger partial charge on any atom is -0.378 e. The molecule has 0 radical (unpaired) electrons. The number of para-hydroxylation sites is 2. The maximum absolute atomic E-state index is 13.8. The molecule has 1 amide bonds. The van der Waals surface area contributed by atoms with Gasteiger partial charge in [0.15, 0.2) is 5.65 Å². The van der Waals surface area contributed by atoms with E-state index in [4.69, 9.17) is 9.72 Å². The van der Waals surface area contributed by atoms with Crippen molar-refractivity contribution < 1.29 is 9.53 Å². The van der Waals surface area contributed by atoms with Gasteiger partial charge in [-0.2, -0.15) is 0 Å². The molecule has 1 aromatic carbocycles. The Morgan fingerprint density at radius 1 is 1.11 bits per heavy atom. The first-order valence-corrected chi connectivity index (χ1v) is 12.1. The normalized spacial score (nSPS) is 14.2. The molecule has 4 aromatic heterocycles. The molecule has 1 aliphatic rings. The third-order valence-corrected chi connectivity index (χ3v) is 6.91. The lowest BCUT2D eigenvalue weighted by atomic mass is 10.1. The van der Waals surface area contributed by atoms with Gasteiger partial charge in [-0.05, 0) is 31.2 Å². The summed E-state index contributed by atoms with van der Waals surface area (Å²) in [5, 5.41) is 3.35. The van der Waals surface area contributed by atoms with Crippen LogP contribution in [0.5, 0.6) is 0 Å². The number of carbonyl (C=O) groups is 1. The summed E-state index contributed by atoms with van der Waals surface area (Å²) in [7, 11) is 1.88. The molecule has 0 aliphatic carbocycles. The predicted molar refractivity (Wildman–Crippen MR) is 138 cm³/mol. The highest BCUT2D eigenvalue weighted by Crippen LogP contribution is 2.27. The summed E-state index contributed by atoms with van der Waals surface area (Å²) in [5.74, 6) is 1.26. The first-order chi connectivity index (χ1) is 17.5. The van der Waals surface area contributed by atoms with E-state index in [1.54, 1.807) is 12.3 Å². The van der Waals surface area contributed by atoms with E-state index >= 15 is 0 Å². The van der Waals surface area contributed by atoms with E-state index in [1.165, 1.54) is 0 Å². The zero-order chi connectivity index (χ0) is 24.8. The molecule has 1 N–H and O–H groups in total. The number of rotatable bonds is 5. The van der Waals surface area contributed by atoms with Gasteiger partial charge in [0.2, 0.25) is 5.43 Å². The summed E-state index contributed by atoms with van der Waals surface area (Å²) >= 11 is 0. The van der Waals surface area contributed by atoms with Gasteiger partial charge in [0.25, 0.3) is 5.91 Å². The smallest absolute Gasteiger partial charge is 0.259 e. The number of pyridine rings is 2. The molecule has 0 unspecified atom stereocenters. The van der Waals surface area contributed by atoms with Crippen LogP contribution in [-0.4, -0.2) is 62.3 Å². The van der Waals surface area contributed by atoms with Gasteiger partial charge in [-0.3, -0.25) is 14.0 Å². The van der Waals surface area contributed by atoms with Gasteiger partial charge in [-0.15, -0.1) is 0 Å². The largest absolute Gasteiger partial charge is 0.378 e. The molecular formula is C26H27N7O3. The summed E-state index contributed by atoms with van der Waals surface area (Å²) < 4.78 is 11.3. The molecule has 0 spiro atoms. The van der Waals surface area contributed by atoms with Gasteiger partial charge >= 0.3 is 0 Å². The van der Waals surface area contributed by atoms with Crippen LogP contribution in [0.3, 0.4) is 0 Å². The SMILES string of the molecule is Cc1nccn1CCNC(=O)c1c(=O)c2ccc(N3CCOCC3)nc2n2c3ccccc3n(C)c12. The fourth-order valence-corrected chi connectivity index (χ4v) is 5.02. The highest BCUT2D eigenvalue weighted by molar-refractivity contribution is 6.05. The van der Waals surface area contributed by atoms with E-state index in [1.807, 2.05) is 64.0 Å². The Morgan fingerprint density at radius 2 is 1.89 bits per heavy atom. The number of aromatic nitrogens is 5. The standard InChI is InChI=1S/C26H27N7O3/c1-17-27-9-11-31(17)12-10-28-25(35)22-23(34)18-7-8-21(32-13-15-36-16-14-32)29-24(18)33-20-6-4-3-5-19(20)30(2)26(22)33/h3-9,11H,10,12-16H2,1-2H3,(H,28,35). The molecule has 1 saturated heterocycles. The van der Waals surface area contributed by atoms with Crippen LogP contribution in [0.1, 0.15) is 16.2 Å². The Balaban J connectivity index is 1.51. The van der Waals surface area contributed by atoms with Gasteiger partial charge in [0.05, 0.1) is 29.6 Å². The Labute approximate surface area is 206 Å². The summed E-state index contributed by atoms with van der Waals surface area (Å²) in [6.07, 6.45) is 3.59. The fourth-order valence-electron chi connectivity index (χ4n) is 5.02. The lowest BCUT2D eigenvalue weighted by Crippen LogP contribution is -2.37. The third kappa shape index (κ3) is 3.53. The Hall–Kier alpha value is -4.18. The second-order valence-corrected chi connectivity index (χ2v) is 8.97. The average Bonchev–Trinajstić information content (AvgIpc) is 3.45. The van der Waals surface area contributed by atoms with Crippen molar-refractivity contribution >= 4 is 39.4 Å². The van der Waals surface area contributed by atoms with Crippen LogP contribution in [0.25, 0.3) is 27.7 Å². The first kappa shape index (κ1) is 22.3. The van der Waals surface area contributed by atoms with Gasteiger partial charge in [0.1, 0.15) is 22.9 Å². The summed E-state index contributed by atoms with van der Waals surface area (Å²) in [6.45, 7) is 5.61. The summed E-state index contributed by atoms with van der Waals surface area (Å²) in [5.41, 5.74) is 2.65. The van der Waals surface area contributed by atoms with Crippen molar-refractivity contribution in [3.8, 4) is 0 Å². The van der Waals surface area contributed by atoms with Crippen LogP contribution in [-0.2, 0) is 18.3 Å². The van der Waals surface area contributed by atoms with E-state index in [0.717, 1.165) is 35.8 Å². The molecule has 5 aromatic rings. The number of imidazole rings is 2. The number of ether oxygens (including phenoxy) is 1. The van der Waals surface area contributed by atoms with Crippen LogP contribution >= 0.6 is 0 Å². The predicted octanol–water partition coefficient (Wildman–Crippen LogP) is 2.11. The zero-order valence-electron chi connectivity index (χ0n) is 20.3. The van der Waals surface area contributed by atoms with Crippen molar-refractivity contribution in [3.05, 3.63) is 70.4 Å². The van der Waals surface area contributed by atoms with Crippen LogP contribution in [0.2, 0.25) is 0 Å². The number of hydrogen-bond donors (Lipinski definition) is 1. The molecule has 0 bridgehead atoms. The molecule has 0 saturated carbocycles. The second kappa shape index (κ2) is 8.80. The van der Waals surface area contributed by atoms with Gasteiger partial charge in [-0.1, -0.05) is 12.1 Å². The minimum atomic E-state index is -0.402. The van der Waals surface area contributed by atoms with Crippen molar-refractivity contribution in [2.45, 2.75) is 13.5 Å². The molecule has 10 nitrogen and oxygen atoms in total. The van der Waals surface area contributed by atoms with Gasteiger partial charge in [0, 0.05) is 45.6 Å². The topological polar surface area (TPSA) is 98.7 Å². The number of morpholine rings is 1. The van der Waals surface area contributed by atoms with Crippen molar-refractivity contribution in [2.24, 2.45) is 7.05 Å². The Morgan fingerprint density at radius 3 is 2.64 bits per heavy atom. The minimum absolute atomic E-state index is 0.115. The van der Waals surface area contributed by atoms with Crippen LogP contribution < -0.4 is 15.6 Å². The molecule has 6 rings (SSSR count). The third-order valence-electron chi connectivity index (χ3n) is 6.91. The Bertz CT molecular complexity index is 1670. The monoisotopic (exact) mass is 485 g/mol. The maximum Gasteiger partial charge on any atom is 0.259 e. The maximum atomic E-state index is 13.8. The van der Waals surface area contributed by atoms with Crippen LogP contribution in [0.4, 0.5) is 5.82 Å². The molecule has 5 heterocycles. The lowest BCUT2D eigenvalue weighted by molar-refractivity contribution is 0.0952. The average molecular weight is 486 g/mol. The number of carbonyl (C=O) groups excluding carboxylic acids is 1. The number of aryl methyl sites for hydroxylation is 2. The molecular weight excluding hydrogens is 458 g/mol. The van der Waals surface area contributed by atoms with Gasteiger partial charge in [-0.25, -0.2) is 9.97 Å². The summed E-state index contributed by atoms with van der Waals surface area (Å²) in [4.78, 5) is 38.6. The highest BCUT2D eigenvalue weighted by atomic mass is 16.5. The summed E-state index contributed by atoms with van der Waals surface area (Å²) in [6, 6.07) is 11.5.